The fourth-order valence-corrected chi connectivity index (χ4v) is 4.33. The number of hydrogen-bond acceptors (Lipinski definition) is 6. The van der Waals surface area contributed by atoms with Crippen molar-refractivity contribution in [3.63, 3.8) is 0 Å². The molecule has 2 aromatic carbocycles. The number of anilines is 1. The maximum absolute atomic E-state index is 13.3. The maximum atomic E-state index is 13.3. The van der Waals surface area contributed by atoms with Crippen LogP contribution in [-0.2, 0) is 0 Å². The fraction of sp³-hybridized carbons (Fsp3) is 0.0500. The van der Waals surface area contributed by atoms with E-state index >= 15 is 0 Å². The third-order valence-electron chi connectivity index (χ3n) is 4.64. The fourth-order valence-electron chi connectivity index (χ4n) is 3.49. The molecule has 0 fully saturated rings. The Morgan fingerprint density at radius 1 is 1.18 bits per heavy atom. The molecule has 0 spiro atoms. The van der Waals surface area contributed by atoms with Gasteiger partial charge in [0, 0.05) is 16.6 Å². The Labute approximate surface area is 167 Å². The van der Waals surface area contributed by atoms with Crippen molar-refractivity contribution in [2.75, 3.05) is 4.90 Å². The molecule has 1 atom stereocenters. The lowest BCUT2D eigenvalue weighted by atomic mass is 9.98. The van der Waals surface area contributed by atoms with E-state index in [1.807, 2.05) is 0 Å². The van der Waals surface area contributed by atoms with Crippen LogP contribution in [0.4, 0.5) is 5.13 Å². The molecule has 0 radical (unpaired) electrons. The summed E-state index contributed by atoms with van der Waals surface area (Å²) in [5.41, 5.74) is 0.744. The highest BCUT2D eigenvalue weighted by Crippen LogP contribution is 2.42. The van der Waals surface area contributed by atoms with Gasteiger partial charge in [-0.15, -0.1) is 11.3 Å². The molecule has 6 nitrogen and oxygen atoms in total. The van der Waals surface area contributed by atoms with Crippen LogP contribution < -0.4 is 10.3 Å². The summed E-state index contributed by atoms with van der Waals surface area (Å²) in [4.78, 5) is 32.2. The summed E-state index contributed by atoms with van der Waals surface area (Å²) >= 11 is 7.33. The van der Waals surface area contributed by atoms with Crippen molar-refractivity contribution in [3.05, 3.63) is 86.2 Å². The van der Waals surface area contributed by atoms with Crippen LogP contribution in [-0.4, -0.2) is 16.0 Å². The van der Waals surface area contributed by atoms with E-state index in [1.54, 1.807) is 35.8 Å². The molecular formula is C20H11ClN2O4S. The molecule has 2 aromatic heterocycles. The number of carbonyl (C=O) groups excluding carboxylic acids is 1. The molecule has 0 saturated heterocycles. The summed E-state index contributed by atoms with van der Waals surface area (Å²) in [7, 11) is 0. The average molecular weight is 411 g/mol. The Hall–Kier alpha value is -3.16. The van der Waals surface area contributed by atoms with Crippen LogP contribution in [0.2, 0.25) is 5.02 Å². The zero-order chi connectivity index (χ0) is 19.4. The normalized spacial score (nSPS) is 16.0. The molecule has 8 heteroatoms. The van der Waals surface area contributed by atoms with Crippen molar-refractivity contribution in [3.8, 4) is 5.75 Å². The third-order valence-corrected chi connectivity index (χ3v) is 5.65. The lowest BCUT2D eigenvalue weighted by Crippen LogP contribution is -2.29. The Morgan fingerprint density at radius 2 is 2.04 bits per heavy atom. The molecule has 1 aliphatic heterocycles. The molecule has 5 rings (SSSR count). The Balaban J connectivity index is 1.85. The predicted molar refractivity (Wildman–Crippen MR) is 106 cm³/mol. The number of phenolic OH excluding ortho intramolecular Hbond substituents is 1. The minimum atomic E-state index is -0.764. The van der Waals surface area contributed by atoms with Gasteiger partial charge in [0.15, 0.2) is 10.6 Å². The molecule has 1 aliphatic rings. The second kappa shape index (κ2) is 6.19. The summed E-state index contributed by atoms with van der Waals surface area (Å²) in [5, 5.41) is 12.8. The largest absolute Gasteiger partial charge is 0.508 e. The standard InChI is InChI=1S/C20H11ClN2O4S/c21-11-4-5-14-13(9-11)17(25)15-16(10-2-1-3-12(24)8-10)23(19(26)18(15)27-14)20-22-6-7-28-20/h1-9,16,24H. The molecule has 0 bridgehead atoms. The molecule has 4 aromatic rings. The Bertz CT molecular complexity index is 1300. The molecule has 28 heavy (non-hydrogen) atoms. The molecule has 3 heterocycles. The van der Waals surface area contributed by atoms with E-state index in [2.05, 4.69) is 4.98 Å². The van der Waals surface area contributed by atoms with Gasteiger partial charge in [0.1, 0.15) is 11.3 Å². The minimum Gasteiger partial charge on any atom is -0.508 e. The van der Waals surface area contributed by atoms with Gasteiger partial charge in [-0.2, -0.15) is 0 Å². The van der Waals surface area contributed by atoms with E-state index in [-0.39, 0.29) is 28.1 Å². The lowest BCUT2D eigenvalue weighted by molar-refractivity contribution is 0.0971. The van der Waals surface area contributed by atoms with Gasteiger partial charge < -0.3 is 9.52 Å². The van der Waals surface area contributed by atoms with Crippen molar-refractivity contribution in [1.29, 1.82) is 0 Å². The number of amides is 1. The highest BCUT2D eigenvalue weighted by atomic mass is 35.5. The zero-order valence-corrected chi connectivity index (χ0v) is 15.7. The Morgan fingerprint density at radius 3 is 2.79 bits per heavy atom. The van der Waals surface area contributed by atoms with Crippen LogP contribution in [0.3, 0.4) is 0 Å². The Kier molecular flexibility index (Phi) is 3.75. The van der Waals surface area contributed by atoms with Crippen molar-refractivity contribution in [2.45, 2.75) is 6.04 Å². The molecule has 0 aliphatic carbocycles. The van der Waals surface area contributed by atoms with Crippen LogP contribution in [0.1, 0.15) is 27.7 Å². The minimum absolute atomic E-state index is 0.0247. The number of thiazole rings is 1. The highest BCUT2D eigenvalue weighted by molar-refractivity contribution is 7.13. The van der Waals surface area contributed by atoms with Gasteiger partial charge in [-0.25, -0.2) is 4.98 Å². The molecule has 1 amide bonds. The smallest absolute Gasteiger partial charge is 0.297 e. The number of carbonyl (C=O) groups is 1. The van der Waals surface area contributed by atoms with Crippen LogP contribution in [0.15, 0.2) is 63.3 Å². The first-order valence-corrected chi connectivity index (χ1v) is 9.58. The summed E-state index contributed by atoms with van der Waals surface area (Å²) in [6.45, 7) is 0. The quantitative estimate of drug-likeness (QED) is 0.531. The van der Waals surface area contributed by atoms with Gasteiger partial charge in [-0.3, -0.25) is 14.5 Å². The van der Waals surface area contributed by atoms with Gasteiger partial charge in [0.2, 0.25) is 5.76 Å². The monoisotopic (exact) mass is 410 g/mol. The highest BCUT2D eigenvalue weighted by Gasteiger charge is 2.44. The van der Waals surface area contributed by atoms with Crippen LogP contribution in [0.5, 0.6) is 5.75 Å². The van der Waals surface area contributed by atoms with E-state index in [0.717, 1.165) is 0 Å². The summed E-state index contributed by atoms with van der Waals surface area (Å²) < 4.78 is 5.83. The van der Waals surface area contributed by atoms with E-state index in [1.165, 1.54) is 34.4 Å². The molecule has 138 valence electrons. The third kappa shape index (κ3) is 2.44. The van der Waals surface area contributed by atoms with Crippen LogP contribution in [0, 0.1) is 0 Å². The van der Waals surface area contributed by atoms with Gasteiger partial charge in [-0.1, -0.05) is 23.7 Å². The number of hydrogen-bond donors (Lipinski definition) is 1. The topological polar surface area (TPSA) is 83.6 Å². The molecular weight excluding hydrogens is 400 g/mol. The number of phenols is 1. The molecule has 0 saturated carbocycles. The van der Waals surface area contributed by atoms with Crippen LogP contribution >= 0.6 is 22.9 Å². The molecule has 1 unspecified atom stereocenters. The van der Waals surface area contributed by atoms with E-state index in [0.29, 0.717) is 21.1 Å². The average Bonchev–Trinajstić information content (AvgIpc) is 3.29. The summed E-state index contributed by atoms with van der Waals surface area (Å²) in [6.07, 6.45) is 1.58. The van der Waals surface area contributed by atoms with E-state index in [4.69, 9.17) is 16.0 Å². The van der Waals surface area contributed by atoms with Gasteiger partial charge in [-0.05, 0) is 35.9 Å². The lowest BCUT2D eigenvalue weighted by Gasteiger charge is -2.22. The van der Waals surface area contributed by atoms with Gasteiger partial charge >= 0.3 is 0 Å². The number of fused-ring (bicyclic) bond motifs is 2. The first-order valence-electron chi connectivity index (χ1n) is 8.33. The second-order valence-corrected chi connectivity index (χ2v) is 7.61. The number of benzene rings is 2. The van der Waals surface area contributed by atoms with Gasteiger partial charge in [0.25, 0.3) is 5.91 Å². The van der Waals surface area contributed by atoms with E-state index < -0.39 is 11.9 Å². The number of aromatic hydroxyl groups is 1. The number of aromatic nitrogens is 1. The van der Waals surface area contributed by atoms with Crippen molar-refractivity contribution in [1.82, 2.24) is 4.98 Å². The van der Waals surface area contributed by atoms with Crippen molar-refractivity contribution < 1.29 is 14.3 Å². The van der Waals surface area contributed by atoms with Crippen LogP contribution in [0.25, 0.3) is 11.0 Å². The maximum Gasteiger partial charge on any atom is 0.297 e. The zero-order valence-electron chi connectivity index (χ0n) is 14.1. The number of rotatable bonds is 2. The first kappa shape index (κ1) is 17.0. The van der Waals surface area contributed by atoms with Crippen molar-refractivity contribution in [2.24, 2.45) is 0 Å². The molecule has 1 N–H and O–H groups in total. The van der Waals surface area contributed by atoms with Crippen molar-refractivity contribution >= 4 is 44.9 Å². The summed E-state index contributed by atoms with van der Waals surface area (Å²) in [5.74, 6) is -0.443. The predicted octanol–water partition coefficient (Wildman–Crippen LogP) is 4.36. The van der Waals surface area contributed by atoms with Gasteiger partial charge in [0.05, 0.1) is 17.0 Å². The number of halogens is 1. The van der Waals surface area contributed by atoms with E-state index in [9.17, 15) is 14.7 Å². The SMILES string of the molecule is O=C1c2oc3ccc(Cl)cc3c(=O)c2C(c2cccc(O)c2)N1c1nccs1. The second-order valence-electron chi connectivity index (χ2n) is 6.30. The number of nitrogens with zero attached hydrogens (tertiary/aromatic N) is 2. The first-order chi connectivity index (χ1) is 13.5. The summed E-state index contributed by atoms with van der Waals surface area (Å²) in [6, 6.07) is 10.4.